The Kier molecular flexibility index (Phi) is 4.70. The summed E-state index contributed by atoms with van der Waals surface area (Å²) in [6.07, 6.45) is 5.88. The molecule has 2 amide bonds. The van der Waals surface area contributed by atoms with E-state index in [1.54, 1.807) is 0 Å². The van der Waals surface area contributed by atoms with Gasteiger partial charge in [0.1, 0.15) is 0 Å². The van der Waals surface area contributed by atoms with Crippen molar-refractivity contribution >= 4 is 6.03 Å². The molecule has 2 aliphatic rings. The number of nitrogens with zero attached hydrogens (tertiary/aromatic N) is 4. The molecule has 3 heterocycles. The minimum absolute atomic E-state index is 0.0546. The average molecular weight is 339 g/mol. The van der Waals surface area contributed by atoms with E-state index >= 15 is 0 Å². The lowest BCUT2D eigenvalue weighted by molar-refractivity contribution is 0.156. The summed E-state index contributed by atoms with van der Waals surface area (Å²) in [5, 5.41) is 3.24. The van der Waals surface area contributed by atoms with Crippen LogP contribution in [0, 0.1) is 0 Å². The number of hydrogen-bond donors (Lipinski definition) is 1. The molecule has 132 valence electrons. The van der Waals surface area contributed by atoms with Gasteiger partial charge in [0.2, 0.25) is 0 Å². The molecule has 1 aromatic carbocycles. The third-order valence-electron chi connectivity index (χ3n) is 5.13. The number of fused-ring (bicyclic) bond motifs is 1. The second-order valence-electron chi connectivity index (χ2n) is 7.01. The Morgan fingerprint density at radius 3 is 2.96 bits per heavy atom. The van der Waals surface area contributed by atoms with E-state index in [1.165, 1.54) is 5.56 Å². The van der Waals surface area contributed by atoms with Gasteiger partial charge >= 0.3 is 6.03 Å². The molecule has 4 rings (SSSR count). The molecule has 1 fully saturated rings. The molecular formula is C19H25N5O. The summed E-state index contributed by atoms with van der Waals surface area (Å²) in [5.74, 6) is 0. The second-order valence-corrected chi connectivity index (χ2v) is 7.01. The first-order valence-electron chi connectivity index (χ1n) is 9.08. The zero-order valence-electron chi connectivity index (χ0n) is 14.5. The summed E-state index contributed by atoms with van der Waals surface area (Å²) in [7, 11) is 0. The van der Waals surface area contributed by atoms with Crippen LogP contribution >= 0.6 is 0 Å². The number of urea groups is 1. The highest BCUT2D eigenvalue weighted by atomic mass is 16.2. The number of aromatic nitrogens is 2. The first kappa shape index (κ1) is 16.1. The lowest BCUT2D eigenvalue weighted by Crippen LogP contribution is -2.52. The van der Waals surface area contributed by atoms with E-state index in [9.17, 15) is 4.79 Å². The molecule has 6 nitrogen and oxygen atoms in total. The Labute approximate surface area is 148 Å². The zero-order valence-corrected chi connectivity index (χ0v) is 14.5. The van der Waals surface area contributed by atoms with Gasteiger partial charge in [0, 0.05) is 38.4 Å². The maximum atomic E-state index is 12.6. The van der Waals surface area contributed by atoms with Crippen molar-refractivity contribution in [2.24, 2.45) is 0 Å². The molecule has 25 heavy (non-hydrogen) atoms. The van der Waals surface area contributed by atoms with E-state index in [2.05, 4.69) is 44.0 Å². The Bertz CT molecular complexity index is 714. The molecule has 6 heteroatoms. The van der Waals surface area contributed by atoms with Crippen LogP contribution in [0.15, 0.2) is 42.9 Å². The maximum absolute atomic E-state index is 12.6. The fraction of sp³-hybridized carbons (Fsp3) is 0.474. The molecular weight excluding hydrogens is 314 g/mol. The number of likely N-dealkylation sites (tertiary alicyclic amines) is 1. The summed E-state index contributed by atoms with van der Waals surface area (Å²) < 4.78 is 2.12. The summed E-state index contributed by atoms with van der Waals surface area (Å²) in [6, 6.07) is 10.8. The molecule has 2 aromatic rings. The van der Waals surface area contributed by atoms with Crippen LogP contribution < -0.4 is 5.32 Å². The predicted molar refractivity (Wildman–Crippen MR) is 95.9 cm³/mol. The van der Waals surface area contributed by atoms with Crippen molar-refractivity contribution in [3.8, 4) is 0 Å². The SMILES string of the molecule is O=C(N[C@@H]1CCCN(Cc2ccccc2)C1)N1CCn2cncc2C1. The number of benzene rings is 1. The van der Waals surface area contributed by atoms with Crippen molar-refractivity contribution in [1.29, 1.82) is 0 Å². The minimum atomic E-state index is 0.0546. The molecule has 0 bridgehead atoms. The number of imidazole rings is 1. The molecule has 0 aliphatic carbocycles. The molecule has 1 aromatic heterocycles. The van der Waals surface area contributed by atoms with Crippen molar-refractivity contribution in [2.45, 2.75) is 38.5 Å². The average Bonchev–Trinajstić information content (AvgIpc) is 3.10. The van der Waals surface area contributed by atoms with Crippen LogP contribution in [0.3, 0.4) is 0 Å². The van der Waals surface area contributed by atoms with Crippen LogP contribution in [0.25, 0.3) is 0 Å². The first-order chi connectivity index (χ1) is 12.3. The van der Waals surface area contributed by atoms with Crippen LogP contribution in [-0.4, -0.2) is 51.1 Å². The molecule has 0 spiro atoms. The summed E-state index contributed by atoms with van der Waals surface area (Å²) in [6.45, 7) is 5.20. The fourth-order valence-corrected chi connectivity index (χ4v) is 3.78. The van der Waals surface area contributed by atoms with Gasteiger partial charge in [-0.2, -0.15) is 0 Å². The van der Waals surface area contributed by atoms with Gasteiger partial charge in [-0.3, -0.25) is 4.90 Å². The van der Waals surface area contributed by atoms with Gasteiger partial charge in [-0.25, -0.2) is 9.78 Å². The lowest BCUT2D eigenvalue weighted by atomic mass is 10.0. The second kappa shape index (κ2) is 7.27. The summed E-state index contributed by atoms with van der Waals surface area (Å²) in [5.41, 5.74) is 2.44. The molecule has 1 saturated heterocycles. The van der Waals surface area contributed by atoms with Gasteiger partial charge in [-0.05, 0) is 24.9 Å². The summed E-state index contributed by atoms with van der Waals surface area (Å²) >= 11 is 0. The Morgan fingerprint density at radius 1 is 1.20 bits per heavy atom. The van der Waals surface area contributed by atoms with Gasteiger partial charge in [0.05, 0.1) is 18.6 Å². The predicted octanol–water partition coefficient (Wildman–Crippen LogP) is 2.07. The minimum Gasteiger partial charge on any atom is -0.334 e. The number of amides is 2. The van der Waals surface area contributed by atoms with Gasteiger partial charge in [0.15, 0.2) is 0 Å². The highest BCUT2D eigenvalue weighted by molar-refractivity contribution is 5.74. The normalized spacial score (nSPS) is 21.0. The highest BCUT2D eigenvalue weighted by Gasteiger charge is 2.25. The Morgan fingerprint density at radius 2 is 2.08 bits per heavy atom. The number of hydrogen-bond acceptors (Lipinski definition) is 3. The van der Waals surface area contributed by atoms with Crippen LogP contribution in [0.5, 0.6) is 0 Å². The standard InChI is InChI=1S/C19H25N5O/c25-19(23-9-10-24-15-20-11-18(24)14-23)21-17-7-4-8-22(13-17)12-16-5-2-1-3-6-16/h1-3,5-6,11,15,17H,4,7-10,12-14H2,(H,21,25)/t17-/m1/s1. The van der Waals surface area contributed by atoms with Crippen molar-refractivity contribution in [3.05, 3.63) is 54.1 Å². The Balaban J connectivity index is 1.31. The summed E-state index contributed by atoms with van der Waals surface area (Å²) in [4.78, 5) is 21.1. The molecule has 1 atom stereocenters. The largest absolute Gasteiger partial charge is 0.334 e. The molecule has 1 N–H and O–H groups in total. The number of piperidine rings is 1. The van der Waals surface area contributed by atoms with E-state index in [0.29, 0.717) is 6.54 Å². The fourth-order valence-electron chi connectivity index (χ4n) is 3.78. The third kappa shape index (κ3) is 3.85. The van der Waals surface area contributed by atoms with Crippen LogP contribution in [0.2, 0.25) is 0 Å². The monoisotopic (exact) mass is 339 g/mol. The number of nitrogens with one attached hydrogen (secondary N) is 1. The van der Waals surface area contributed by atoms with E-state index < -0.39 is 0 Å². The quantitative estimate of drug-likeness (QED) is 0.931. The van der Waals surface area contributed by atoms with Gasteiger partial charge < -0.3 is 14.8 Å². The van der Waals surface area contributed by atoms with E-state index in [1.807, 2.05) is 23.5 Å². The van der Waals surface area contributed by atoms with Crippen molar-refractivity contribution in [1.82, 2.24) is 24.7 Å². The van der Waals surface area contributed by atoms with E-state index in [0.717, 1.165) is 51.3 Å². The Hall–Kier alpha value is -2.34. The third-order valence-corrected chi connectivity index (χ3v) is 5.13. The smallest absolute Gasteiger partial charge is 0.318 e. The van der Waals surface area contributed by atoms with E-state index in [-0.39, 0.29) is 12.1 Å². The lowest BCUT2D eigenvalue weighted by Gasteiger charge is -2.35. The molecule has 0 saturated carbocycles. The maximum Gasteiger partial charge on any atom is 0.318 e. The first-order valence-corrected chi connectivity index (χ1v) is 9.08. The number of rotatable bonds is 3. The van der Waals surface area contributed by atoms with Crippen molar-refractivity contribution in [3.63, 3.8) is 0 Å². The molecule has 0 radical (unpaired) electrons. The van der Waals surface area contributed by atoms with E-state index in [4.69, 9.17) is 0 Å². The number of carbonyl (C=O) groups excluding carboxylic acids is 1. The van der Waals surface area contributed by atoms with Gasteiger partial charge in [0.25, 0.3) is 0 Å². The zero-order chi connectivity index (χ0) is 17.1. The number of carbonyl (C=O) groups is 1. The van der Waals surface area contributed by atoms with Crippen LogP contribution in [-0.2, 0) is 19.6 Å². The van der Waals surface area contributed by atoms with Gasteiger partial charge in [-0.1, -0.05) is 30.3 Å². The molecule has 0 unspecified atom stereocenters. The van der Waals surface area contributed by atoms with Crippen LogP contribution in [0.1, 0.15) is 24.1 Å². The van der Waals surface area contributed by atoms with Crippen molar-refractivity contribution < 1.29 is 4.79 Å². The van der Waals surface area contributed by atoms with Crippen LogP contribution in [0.4, 0.5) is 4.79 Å². The topological polar surface area (TPSA) is 53.4 Å². The van der Waals surface area contributed by atoms with Crippen molar-refractivity contribution in [2.75, 3.05) is 19.6 Å². The molecule has 2 aliphatic heterocycles. The van der Waals surface area contributed by atoms with Gasteiger partial charge in [-0.15, -0.1) is 0 Å². The highest BCUT2D eigenvalue weighted by Crippen LogP contribution is 2.15.